The molecular formula is C22H35IN4O3. The Balaban J connectivity index is 0.00000450. The van der Waals surface area contributed by atoms with E-state index in [2.05, 4.69) is 27.0 Å². The maximum atomic E-state index is 11.8. The number of carbonyl (C=O) groups is 1. The Morgan fingerprint density at radius 3 is 2.37 bits per heavy atom. The molecule has 2 rings (SSSR count). The van der Waals surface area contributed by atoms with Crippen LogP contribution in [-0.4, -0.2) is 51.0 Å². The lowest BCUT2D eigenvalue weighted by Gasteiger charge is -2.19. The third-order valence-corrected chi connectivity index (χ3v) is 4.32. The van der Waals surface area contributed by atoms with Crippen molar-refractivity contribution in [2.24, 2.45) is 4.99 Å². The van der Waals surface area contributed by atoms with Gasteiger partial charge in [0.1, 0.15) is 5.60 Å². The van der Waals surface area contributed by atoms with Crippen molar-refractivity contribution in [1.29, 1.82) is 0 Å². The first-order valence-electron chi connectivity index (χ1n) is 10.1. The van der Waals surface area contributed by atoms with E-state index in [-0.39, 0.29) is 24.0 Å². The van der Waals surface area contributed by atoms with Crippen LogP contribution in [0, 0.1) is 0 Å². The number of rotatable bonds is 7. The highest BCUT2D eigenvalue weighted by Crippen LogP contribution is 2.13. The molecule has 0 unspecified atom stereocenters. The number of amides is 1. The molecule has 1 aliphatic rings. The van der Waals surface area contributed by atoms with Crippen molar-refractivity contribution in [1.82, 2.24) is 10.6 Å². The second-order valence-electron chi connectivity index (χ2n) is 7.94. The summed E-state index contributed by atoms with van der Waals surface area (Å²) in [6.45, 7) is 8.71. The maximum absolute atomic E-state index is 11.8. The van der Waals surface area contributed by atoms with Gasteiger partial charge < -0.3 is 20.1 Å². The van der Waals surface area contributed by atoms with Crippen LogP contribution in [0.25, 0.3) is 0 Å². The van der Waals surface area contributed by atoms with Gasteiger partial charge in [0.25, 0.3) is 0 Å². The summed E-state index contributed by atoms with van der Waals surface area (Å²) in [5, 5.41) is 9.42. The highest BCUT2D eigenvalue weighted by Gasteiger charge is 2.16. The lowest BCUT2D eigenvalue weighted by Crippen LogP contribution is -2.38. The van der Waals surface area contributed by atoms with Gasteiger partial charge in [0.15, 0.2) is 5.96 Å². The summed E-state index contributed by atoms with van der Waals surface area (Å²) >= 11 is 0. The number of hydrogen-bond donors (Lipinski definition) is 3. The lowest BCUT2D eigenvalue weighted by molar-refractivity contribution is 0.0636. The number of guanidine groups is 1. The first-order chi connectivity index (χ1) is 13.9. The van der Waals surface area contributed by atoms with Crippen molar-refractivity contribution < 1.29 is 14.3 Å². The first kappa shape index (κ1) is 26.2. The van der Waals surface area contributed by atoms with E-state index in [0.29, 0.717) is 0 Å². The molecule has 1 amide bonds. The summed E-state index contributed by atoms with van der Waals surface area (Å²) in [6.07, 6.45) is 4.61. The van der Waals surface area contributed by atoms with Crippen LogP contribution in [0.15, 0.2) is 40.9 Å². The molecule has 0 radical (unpaired) electrons. The Kier molecular flexibility index (Phi) is 11.8. The van der Waals surface area contributed by atoms with Crippen molar-refractivity contribution in [3.05, 3.63) is 41.5 Å². The number of nitrogens with zero attached hydrogens (tertiary/aromatic N) is 1. The predicted octanol–water partition coefficient (Wildman–Crippen LogP) is 4.10. The largest absolute Gasteiger partial charge is 0.444 e. The van der Waals surface area contributed by atoms with E-state index in [4.69, 9.17) is 9.47 Å². The molecule has 8 heteroatoms. The number of aliphatic imine (C=N–C) groups is 1. The summed E-state index contributed by atoms with van der Waals surface area (Å²) < 4.78 is 10.6. The molecule has 0 fully saturated rings. The number of benzene rings is 1. The predicted molar refractivity (Wildman–Crippen MR) is 133 cm³/mol. The summed E-state index contributed by atoms with van der Waals surface area (Å²) in [5.41, 5.74) is 2.83. The van der Waals surface area contributed by atoms with Crippen molar-refractivity contribution in [3.8, 4) is 0 Å². The molecule has 1 aromatic carbocycles. The molecular weight excluding hydrogens is 495 g/mol. The number of ether oxygens (including phenoxy) is 2. The lowest BCUT2D eigenvalue weighted by atomic mass is 10.1. The number of halogens is 1. The molecule has 0 saturated heterocycles. The van der Waals surface area contributed by atoms with E-state index in [1.807, 2.05) is 45.0 Å². The number of nitrogens with one attached hydrogen (secondary N) is 3. The van der Waals surface area contributed by atoms with Gasteiger partial charge in [-0.3, -0.25) is 10.3 Å². The minimum atomic E-state index is -0.510. The fraction of sp³-hybridized carbons (Fsp3) is 0.545. The minimum absolute atomic E-state index is 0. The fourth-order valence-corrected chi connectivity index (χ4v) is 2.86. The first-order valence-corrected chi connectivity index (χ1v) is 10.1. The maximum Gasteiger partial charge on any atom is 0.412 e. The molecule has 30 heavy (non-hydrogen) atoms. The van der Waals surface area contributed by atoms with Gasteiger partial charge in [-0.1, -0.05) is 23.8 Å². The molecule has 1 aromatic rings. The molecule has 1 heterocycles. The molecule has 0 saturated carbocycles. The average molecular weight is 530 g/mol. The molecule has 3 N–H and O–H groups in total. The van der Waals surface area contributed by atoms with E-state index in [1.54, 1.807) is 7.05 Å². The third kappa shape index (κ3) is 10.8. The van der Waals surface area contributed by atoms with Gasteiger partial charge in [0.2, 0.25) is 0 Å². The quantitative estimate of drug-likeness (QED) is 0.214. The van der Waals surface area contributed by atoms with E-state index < -0.39 is 11.7 Å². The zero-order valence-electron chi connectivity index (χ0n) is 18.4. The van der Waals surface area contributed by atoms with Crippen LogP contribution >= 0.6 is 24.0 Å². The minimum Gasteiger partial charge on any atom is -0.444 e. The normalized spacial score (nSPS) is 14.3. The topological polar surface area (TPSA) is 84.0 Å². The second-order valence-corrected chi connectivity index (χ2v) is 7.94. The smallest absolute Gasteiger partial charge is 0.412 e. The van der Waals surface area contributed by atoms with Gasteiger partial charge >= 0.3 is 6.09 Å². The summed E-state index contributed by atoms with van der Waals surface area (Å²) in [6, 6.07) is 7.77. The van der Waals surface area contributed by atoms with Crippen LogP contribution in [0.5, 0.6) is 0 Å². The summed E-state index contributed by atoms with van der Waals surface area (Å²) in [7, 11) is 1.78. The molecule has 7 nitrogen and oxygen atoms in total. The summed E-state index contributed by atoms with van der Waals surface area (Å²) in [5.74, 6) is 0.806. The molecule has 0 bridgehead atoms. The van der Waals surface area contributed by atoms with Crippen LogP contribution in [0.3, 0.4) is 0 Å². The van der Waals surface area contributed by atoms with Gasteiger partial charge in [-0.05, 0) is 57.7 Å². The van der Waals surface area contributed by atoms with Crippen LogP contribution in [0.1, 0.15) is 39.2 Å². The highest BCUT2D eigenvalue weighted by atomic mass is 127. The fourth-order valence-electron chi connectivity index (χ4n) is 2.86. The second kappa shape index (κ2) is 13.5. The molecule has 0 aromatic heterocycles. The zero-order chi connectivity index (χ0) is 21.1. The number of carbonyl (C=O) groups excluding carboxylic acids is 1. The van der Waals surface area contributed by atoms with E-state index in [9.17, 15) is 4.79 Å². The number of hydrogen-bond acceptors (Lipinski definition) is 4. The average Bonchev–Trinajstić information content (AvgIpc) is 2.67. The standard InChI is InChI=1S/C22H34N4O3.HI/c1-22(2,3)29-21(27)26-19-7-5-17(6-8-19)9-13-24-20(23-4)25-14-10-18-11-15-28-16-12-18;/h5-8,11H,9-10,12-16H2,1-4H3,(H,26,27)(H2,23,24,25);1H. The summed E-state index contributed by atoms with van der Waals surface area (Å²) in [4.78, 5) is 16.1. The molecule has 1 aliphatic heterocycles. The van der Waals surface area contributed by atoms with Gasteiger partial charge in [0.05, 0.1) is 13.2 Å². The Hall–Kier alpha value is -1.81. The van der Waals surface area contributed by atoms with E-state index in [0.717, 1.165) is 57.2 Å². The van der Waals surface area contributed by atoms with Crippen LogP contribution in [-0.2, 0) is 15.9 Å². The molecule has 168 valence electrons. The zero-order valence-corrected chi connectivity index (χ0v) is 20.7. The third-order valence-electron chi connectivity index (χ3n) is 4.32. The molecule has 0 atom stereocenters. The van der Waals surface area contributed by atoms with Crippen molar-refractivity contribution >= 4 is 41.7 Å². The monoisotopic (exact) mass is 530 g/mol. The van der Waals surface area contributed by atoms with Crippen LogP contribution in [0.4, 0.5) is 10.5 Å². The van der Waals surface area contributed by atoms with Crippen molar-refractivity contribution in [2.45, 2.75) is 45.6 Å². The van der Waals surface area contributed by atoms with E-state index >= 15 is 0 Å². The Morgan fingerprint density at radius 2 is 1.80 bits per heavy atom. The Bertz CT molecular complexity index is 712. The van der Waals surface area contributed by atoms with Crippen molar-refractivity contribution in [2.75, 3.05) is 38.7 Å². The van der Waals surface area contributed by atoms with Crippen molar-refractivity contribution in [3.63, 3.8) is 0 Å². The SMILES string of the molecule is CN=C(NCCC1=CCOCC1)NCCc1ccc(NC(=O)OC(C)(C)C)cc1.I. The Morgan fingerprint density at radius 1 is 1.13 bits per heavy atom. The van der Waals surface area contributed by atoms with Crippen LogP contribution < -0.4 is 16.0 Å². The highest BCUT2D eigenvalue weighted by molar-refractivity contribution is 14.0. The molecule has 0 spiro atoms. The van der Waals surface area contributed by atoms with Gasteiger partial charge in [0, 0.05) is 25.8 Å². The van der Waals surface area contributed by atoms with Gasteiger partial charge in [-0.2, -0.15) is 0 Å². The van der Waals surface area contributed by atoms with Crippen LogP contribution in [0.2, 0.25) is 0 Å². The van der Waals surface area contributed by atoms with E-state index in [1.165, 1.54) is 11.1 Å². The van der Waals surface area contributed by atoms with Gasteiger partial charge in [-0.15, -0.1) is 24.0 Å². The Labute approximate surface area is 197 Å². The number of anilines is 1. The van der Waals surface area contributed by atoms with Gasteiger partial charge in [-0.25, -0.2) is 4.79 Å². The molecule has 0 aliphatic carbocycles.